The summed E-state index contributed by atoms with van der Waals surface area (Å²) in [6.07, 6.45) is 3.81. The Balaban J connectivity index is 1.44. The number of hydrogen-bond acceptors (Lipinski definition) is 4. The molecular weight excluding hydrogens is 456 g/mol. The van der Waals surface area contributed by atoms with Gasteiger partial charge in [0, 0.05) is 24.5 Å². The molecule has 1 aliphatic rings. The number of rotatable bonds is 8. The lowest BCUT2D eigenvalue weighted by Crippen LogP contribution is -2.37. The van der Waals surface area contributed by atoms with E-state index in [1.165, 1.54) is 21.6 Å². The maximum Gasteiger partial charge on any atom is 0.263 e. The molecule has 0 aliphatic carbocycles. The van der Waals surface area contributed by atoms with Gasteiger partial charge in [0.1, 0.15) is 0 Å². The Labute approximate surface area is 208 Å². The summed E-state index contributed by atoms with van der Waals surface area (Å²) in [5.41, 5.74) is 10.8. The highest BCUT2D eigenvalue weighted by molar-refractivity contribution is 7.14. The summed E-state index contributed by atoms with van der Waals surface area (Å²) >= 11 is 1.63. The maximum absolute atomic E-state index is 13.4. The zero-order valence-corrected chi connectivity index (χ0v) is 22.1. The second-order valence-corrected chi connectivity index (χ2v) is 15.2. The molecule has 0 saturated carbocycles. The average Bonchev–Trinajstić information content (AvgIpc) is 3.24. The zero-order valence-electron chi connectivity index (χ0n) is 20.3. The zero-order chi connectivity index (χ0) is 24.1. The van der Waals surface area contributed by atoms with Crippen molar-refractivity contribution in [2.24, 2.45) is 5.73 Å². The minimum Gasteiger partial charge on any atom is -0.432 e. The van der Waals surface area contributed by atoms with Gasteiger partial charge in [-0.3, -0.25) is 4.79 Å². The number of benzene rings is 2. The molecule has 3 N–H and O–H groups in total. The molecule has 34 heavy (non-hydrogen) atoms. The van der Waals surface area contributed by atoms with Crippen molar-refractivity contribution >= 4 is 25.6 Å². The maximum atomic E-state index is 13.4. The SMILES string of the molecule is C[Si](C)(O)Cc1cc(C(=O)N2CCC(c3cccc(CN)c3)CC2)sc1CCc1ccccc1. The third kappa shape index (κ3) is 6.45. The summed E-state index contributed by atoms with van der Waals surface area (Å²) < 4.78 is 0. The van der Waals surface area contributed by atoms with Crippen molar-refractivity contribution in [1.82, 2.24) is 4.90 Å². The number of likely N-dealkylation sites (tertiary alicyclic amines) is 1. The molecule has 0 atom stereocenters. The number of carbonyl (C=O) groups is 1. The van der Waals surface area contributed by atoms with Crippen LogP contribution in [0.1, 0.15) is 55.6 Å². The van der Waals surface area contributed by atoms with E-state index in [2.05, 4.69) is 54.6 Å². The predicted molar refractivity (Wildman–Crippen MR) is 144 cm³/mol. The third-order valence-electron chi connectivity index (χ3n) is 6.65. The summed E-state index contributed by atoms with van der Waals surface area (Å²) in [6, 6.07) is 21.8. The lowest BCUT2D eigenvalue weighted by Gasteiger charge is -2.32. The smallest absolute Gasteiger partial charge is 0.263 e. The van der Waals surface area contributed by atoms with Crippen LogP contribution in [0.25, 0.3) is 0 Å². The van der Waals surface area contributed by atoms with Crippen LogP contribution in [0.15, 0.2) is 60.7 Å². The molecule has 2 heterocycles. The van der Waals surface area contributed by atoms with Crippen LogP contribution in [-0.2, 0) is 25.4 Å². The Morgan fingerprint density at radius 3 is 2.41 bits per heavy atom. The van der Waals surface area contributed by atoms with Crippen LogP contribution in [0, 0.1) is 0 Å². The highest BCUT2D eigenvalue weighted by Crippen LogP contribution is 2.32. The molecule has 2 aromatic carbocycles. The fraction of sp³-hybridized carbons (Fsp3) is 0.393. The van der Waals surface area contributed by atoms with Gasteiger partial charge in [-0.15, -0.1) is 11.3 Å². The van der Waals surface area contributed by atoms with Crippen molar-refractivity contribution in [2.75, 3.05) is 13.1 Å². The van der Waals surface area contributed by atoms with E-state index in [9.17, 15) is 9.59 Å². The molecule has 1 saturated heterocycles. The number of nitrogens with zero attached hydrogens (tertiary/aromatic N) is 1. The predicted octanol–water partition coefficient (Wildman–Crippen LogP) is 5.29. The average molecular weight is 493 g/mol. The molecule has 4 rings (SSSR count). The fourth-order valence-corrected chi connectivity index (χ4v) is 7.37. The summed E-state index contributed by atoms with van der Waals surface area (Å²) in [4.78, 5) is 28.1. The lowest BCUT2D eigenvalue weighted by molar-refractivity contribution is 0.0718. The topological polar surface area (TPSA) is 66.6 Å². The van der Waals surface area contributed by atoms with Crippen molar-refractivity contribution in [2.45, 2.75) is 57.3 Å². The molecule has 0 bridgehead atoms. The van der Waals surface area contributed by atoms with Crippen molar-refractivity contribution in [3.8, 4) is 0 Å². The van der Waals surface area contributed by atoms with Crippen LogP contribution in [0.4, 0.5) is 0 Å². The van der Waals surface area contributed by atoms with Gasteiger partial charge >= 0.3 is 0 Å². The van der Waals surface area contributed by atoms with E-state index < -0.39 is 8.32 Å². The molecule has 6 heteroatoms. The highest BCUT2D eigenvalue weighted by Gasteiger charge is 2.28. The molecule has 1 fully saturated rings. The second-order valence-electron chi connectivity index (χ2n) is 10.0. The standard InChI is InChI=1S/C28H36N2O2SSi/c1-34(2,32)20-25-18-27(33-26(25)12-11-21-7-4-3-5-8-21)28(31)30-15-13-23(14-16-30)24-10-6-9-22(17-24)19-29/h3-10,17-18,23,32H,11-16,19-20,29H2,1-2H3. The first-order valence-electron chi connectivity index (χ1n) is 12.3. The van der Waals surface area contributed by atoms with Gasteiger partial charge < -0.3 is 15.4 Å². The van der Waals surface area contributed by atoms with Crippen LogP contribution in [0.3, 0.4) is 0 Å². The Morgan fingerprint density at radius 1 is 1.03 bits per heavy atom. The van der Waals surface area contributed by atoms with Gasteiger partial charge in [0.2, 0.25) is 0 Å². The van der Waals surface area contributed by atoms with E-state index >= 15 is 0 Å². The monoisotopic (exact) mass is 492 g/mol. The highest BCUT2D eigenvalue weighted by atomic mass is 32.1. The minimum absolute atomic E-state index is 0.142. The van der Waals surface area contributed by atoms with Crippen molar-refractivity contribution in [3.05, 3.63) is 92.7 Å². The van der Waals surface area contributed by atoms with Crippen molar-refractivity contribution < 1.29 is 9.59 Å². The van der Waals surface area contributed by atoms with Gasteiger partial charge in [0.25, 0.3) is 5.91 Å². The van der Waals surface area contributed by atoms with Gasteiger partial charge in [-0.05, 0) is 79.1 Å². The summed E-state index contributed by atoms with van der Waals surface area (Å²) in [6.45, 7) is 6.06. The van der Waals surface area contributed by atoms with E-state index in [1.54, 1.807) is 11.3 Å². The van der Waals surface area contributed by atoms with E-state index in [4.69, 9.17) is 5.73 Å². The first kappa shape index (κ1) is 24.9. The van der Waals surface area contributed by atoms with Gasteiger partial charge in [-0.2, -0.15) is 0 Å². The van der Waals surface area contributed by atoms with Crippen LogP contribution in [0.5, 0.6) is 0 Å². The minimum atomic E-state index is -2.28. The van der Waals surface area contributed by atoms with E-state index in [-0.39, 0.29) is 5.91 Å². The molecule has 1 aliphatic heterocycles. The van der Waals surface area contributed by atoms with Gasteiger partial charge in [0.15, 0.2) is 8.32 Å². The van der Waals surface area contributed by atoms with E-state index in [0.29, 0.717) is 18.5 Å². The molecule has 4 nitrogen and oxygen atoms in total. The Kier molecular flexibility index (Phi) is 8.04. The van der Waals surface area contributed by atoms with Crippen molar-refractivity contribution in [1.29, 1.82) is 0 Å². The molecule has 0 unspecified atom stereocenters. The number of piperidine rings is 1. The second kappa shape index (κ2) is 11.0. The third-order valence-corrected chi connectivity index (χ3v) is 9.13. The quantitative estimate of drug-likeness (QED) is 0.420. The first-order valence-corrected chi connectivity index (χ1v) is 16.3. The Hall–Kier alpha value is -2.25. The Morgan fingerprint density at radius 2 is 1.74 bits per heavy atom. The number of amides is 1. The summed E-state index contributed by atoms with van der Waals surface area (Å²) in [5.74, 6) is 0.626. The molecule has 1 aromatic heterocycles. The molecule has 0 spiro atoms. The number of carbonyl (C=O) groups excluding carboxylic acids is 1. The van der Waals surface area contributed by atoms with Gasteiger partial charge in [-0.1, -0.05) is 54.6 Å². The number of aryl methyl sites for hydroxylation is 2. The first-order chi connectivity index (χ1) is 16.3. The van der Waals surface area contributed by atoms with Crippen molar-refractivity contribution in [3.63, 3.8) is 0 Å². The molecule has 3 aromatic rings. The normalized spacial score (nSPS) is 15.0. The molecule has 180 valence electrons. The number of hydrogen-bond donors (Lipinski definition) is 2. The van der Waals surface area contributed by atoms with Crippen LogP contribution in [-0.4, -0.2) is 37.0 Å². The van der Waals surface area contributed by atoms with E-state index in [0.717, 1.165) is 49.2 Å². The largest absolute Gasteiger partial charge is 0.432 e. The molecule has 0 radical (unpaired) electrons. The van der Waals surface area contributed by atoms with Gasteiger partial charge in [-0.25, -0.2) is 0 Å². The molecule has 1 amide bonds. The lowest BCUT2D eigenvalue weighted by atomic mass is 9.88. The van der Waals surface area contributed by atoms with Crippen LogP contribution < -0.4 is 5.73 Å². The van der Waals surface area contributed by atoms with Crippen LogP contribution >= 0.6 is 11.3 Å². The number of nitrogens with two attached hydrogens (primary N) is 1. The van der Waals surface area contributed by atoms with Crippen LogP contribution in [0.2, 0.25) is 13.1 Å². The van der Waals surface area contributed by atoms with E-state index in [1.807, 2.05) is 24.1 Å². The summed E-state index contributed by atoms with van der Waals surface area (Å²) in [5, 5.41) is 0. The summed E-state index contributed by atoms with van der Waals surface area (Å²) in [7, 11) is -2.28. The number of thiophene rings is 1. The van der Waals surface area contributed by atoms with Gasteiger partial charge in [0.05, 0.1) is 4.88 Å². The molecular formula is C28H36N2O2SSi. The Bertz CT molecular complexity index is 1100. The fourth-order valence-electron chi connectivity index (χ4n) is 4.85.